The number of halogens is 3. The smallest absolute Gasteiger partial charge is 0.123 e. The van der Waals surface area contributed by atoms with Gasteiger partial charge in [0.25, 0.3) is 0 Å². The highest BCUT2D eigenvalue weighted by Crippen LogP contribution is 2.24. The Bertz CT molecular complexity index is 542. The van der Waals surface area contributed by atoms with E-state index in [1.165, 1.54) is 12.1 Å². The van der Waals surface area contributed by atoms with Gasteiger partial charge in [-0.05, 0) is 64.4 Å². The van der Waals surface area contributed by atoms with E-state index in [2.05, 4.69) is 22.6 Å². The number of hydrogen-bond acceptors (Lipinski definition) is 1. The van der Waals surface area contributed by atoms with Gasteiger partial charge in [0.05, 0.1) is 5.02 Å². The van der Waals surface area contributed by atoms with E-state index in [1.807, 2.05) is 18.2 Å². The molecule has 0 spiro atoms. The third kappa shape index (κ3) is 3.43. The molecule has 2 aromatic rings. The normalized spacial score (nSPS) is 12.4. The zero-order chi connectivity index (χ0) is 13.1. The van der Waals surface area contributed by atoms with Crippen LogP contribution in [-0.2, 0) is 6.42 Å². The van der Waals surface area contributed by atoms with E-state index in [1.54, 1.807) is 12.1 Å². The summed E-state index contributed by atoms with van der Waals surface area (Å²) >= 11 is 8.25. The summed E-state index contributed by atoms with van der Waals surface area (Å²) < 4.78 is 13.8. The lowest BCUT2D eigenvalue weighted by Crippen LogP contribution is -2.13. The average molecular weight is 376 g/mol. The molecule has 2 rings (SSSR count). The fourth-order valence-electron chi connectivity index (χ4n) is 1.74. The Morgan fingerprint density at radius 3 is 2.44 bits per heavy atom. The van der Waals surface area contributed by atoms with E-state index in [-0.39, 0.29) is 11.9 Å². The fourth-order valence-corrected chi connectivity index (χ4v) is 2.26. The van der Waals surface area contributed by atoms with Crippen molar-refractivity contribution in [1.82, 2.24) is 0 Å². The van der Waals surface area contributed by atoms with Crippen molar-refractivity contribution in [1.29, 1.82) is 0 Å². The summed E-state index contributed by atoms with van der Waals surface area (Å²) in [7, 11) is 0. The second-order valence-electron chi connectivity index (χ2n) is 4.11. The highest BCUT2D eigenvalue weighted by Gasteiger charge is 2.09. The van der Waals surface area contributed by atoms with Crippen LogP contribution in [0.4, 0.5) is 4.39 Å². The van der Waals surface area contributed by atoms with Crippen LogP contribution in [0.2, 0.25) is 5.02 Å². The topological polar surface area (TPSA) is 26.0 Å². The lowest BCUT2D eigenvalue weighted by atomic mass is 10.00. The molecule has 0 amide bonds. The largest absolute Gasteiger partial charge is 0.324 e. The summed E-state index contributed by atoms with van der Waals surface area (Å²) in [4.78, 5) is 0. The summed E-state index contributed by atoms with van der Waals surface area (Å²) in [6, 6.07) is 12.1. The van der Waals surface area contributed by atoms with Gasteiger partial charge in [-0.15, -0.1) is 0 Å². The number of nitrogens with two attached hydrogens (primary N) is 1. The van der Waals surface area contributed by atoms with E-state index >= 15 is 0 Å². The van der Waals surface area contributed by atoms with Gasteiger partial charge in [-0.2, -0.15) is 0 Å². The second kappa shape index (κ2) is 5.99. The molecular weight excluding hydrogens is 364 g/mol. The Hall–Kier alpha value is -0.650. The lowest BCUT2D eigenvalue weighted by molar-refractivity contribution is 0.625. The first kappa shape index (κ1) is 13.8. The van der Waals surface area contributed by atoms with Gasteiger partial charge in [-0.1, -0.05) is 29.8 Å². The van der Waals surface area contributed by atoms with Gasteiger partial charge in [0, 0.05) is 9.61 Å². The molecule has 0 aromatic heterocycles. The highest BCUT2D eigenvalue weighted by molar-refractivity contribution is 14.1. The molecule has 18 heavy (non-hydrogen) atoms. The van der Waals surface area contributed by atoms with Crippen LogP contribution in [0, 0.1) is 9.39 Å². The van der Waals surface area contributed by atoms with Gasteiger partial charge in [-0.3, -0.25) is 0 Å². The van der Waals surface area contributed by atoms with Crippen LogP contribution in [-0.4, -0.2) is 0 Å². The van der Waals surface area contributed by atoms with Gasteiger partial charge in [0.15, 0.2) is 0 Å². The molecule has 1 unspecified atom stereocenters. The first-order valence-electron chi connectivity index (χ1n) is 5.51. The summed E-state index contributed by atoms with van der Waals surface area (Å²) in [5, 5.41) is 0.711. The Balaban J connectivity index is 2.13. The second-order valence-corrected chi connectivity index (χ2v) is 5.68. The molecule has 0 aliphatic heterocycles. The van der Waals surface area contributed by atoms with E-state index in [0.29, 0.717) is 11.4 Å². The molecule has 0 saturated heterocycles. The van der Waals surface area contributed by atoms with Gasteiger partial charge in [0.1, 0.15) is 5.82 Å². The van der Waals surface area contributed by atoms with Gasteiger partial charge >= 0.3 is 0 Å². The van der Waals surface area contributed by atoms with Crippen molar-refractivity contribution in [3.63, 3.8) is 0 Å². The standard InChI is InChI=1S/C14H12ClFIN/c15-12-8-10(3-6-13(12)17)14(18)7-9-1-4-11(16)5-2-9/h1-6,8,14H,7,18H2. The third-order valence-electron chi connectivity index (χ3n) is 2.74. The van der Waals surface area contributed by atoms with Crippen LogP contribution in [0.25, 0.3) is 0 Å². The molecule has 0 saturated carbocycles. The van der Waals surface area contributed by atoms with Crippen molar-refractivity contribution in [3.8, 4) is 0 Å². The van der Waals surface area contributed by atoms with Crippen molar-refractivity contribution in [2.75, 3.05) is 0 Å². The van der Waals surface area contributed by atoms with Crippen molar-refractivity contribution in [2.45, 2.75) is 12.5 Å². The molecule has 0 aliphatic carbocycles. The van der Waals surface area contributed by atoms with E-state index < -0.39 is 0 Å². The first-order valence-corrected chi connectivity index (χ1v) is 6.97. The van der Waals surface area contributed by atoms with Gasteiger partial charge in [-0.25, -0.2) is 4.39 Å². The SMILES string of the molecule is NC(Cc1ccc(F)cc1)c1ccc(I)c(Cl)c1. The Morgan fingerprint density at radius 1 is 1.17 bits per heavy atom. The average Bonchev–Trinajstić information content (AvgIpc) is 2.35. The van der Waals surface area contributed by atoms with Crippen molar-refractivity contribution in [2.24, 2.45) is 5.73 Å². The zero-order valence-corrected chi connectivity index (χ0v) is 12.5. The summed E-state index contributed by atoms with van der Waals surface area (Å²) in [5.41, 5.74) is 8.13. The monoisotopic (exact) mass is 375 g/mol. The van der Waals surface area contributed by atoms with E-state index in [4.69, 9.17) is 17.3 Å². The van der Waals surface area contributed by atoms with Crippen molar-refractivity contribution in [3.05, 3.63) is 68.0 Å². The van der Waals surface area contributed by atoms with Crippen LogP contribution < -0.4 is 5.73 Å². The molecule has 2 N–H and O–H groups in total. The van der Waals surface area contributed by atoms with Crippen molar-refractivity contribution >= 4 is 34.2 Å². The molecule has 0 aliphatic rings. The molecular formula is C14H12ClFIN. The van der Waals surface area contributed by atoms with Crippen molar-refractivity contribution < 1.29 is 4.39 Å². The number of hydrogen-bond donors (Lipinski definition) is 1. The van der Waals surface area contributed by atoms with Crippen LogP contribution >= 0.6 is 34.2 Å². The zero-order valence-electron chi connectivity index (χ0n) is 9.54. The molecule has 0 fully saturated rings. The van der Waals surface area contributed by atoms with Gasteiger partial charge in [0.2, 0.25) is 0 Å². The molecule has 0 bridgehead atoms. The Labute approximate surface area is 124 Å². The third-order valence-corrected chi connectivity index (χ3v) is 4.31. The molecule has 0 radical (unpaired) electrons. The predicted molar refractivity (Wildman–Crippen MR) is 81.2 cm³/mol. The molecule has 2 aromatic carbocycles. The maximum absolute atomic E-state index is 12.8. The molecule has 4 heteroatoms. The highest BCUT2D eigenvalue weighted by atomic mass is 127. The van der Waals surface area contributed by atoms with E-state index in [0.717, 1.165) is 14.7 Å². The van der Waals surface area contributed by atoms with Gasteiger partial charge < -0.3 is 5.73 Å². The maximum Gasteiger partial charge on any atom is 0.123 e. The minimum atomic E-state index is -0.232. The number of rotatable bonds is 3. The summed E-state index contributed by atoms with van der Waals surface area (Å²) in [6.45, 7) is 0. The minimum Gasteiger partial charge on any atom is -0.324 e. The first-order chi connectivity index (χ1) is 8.56. The van der Waals surface area contributed by atoms with E-state index in [9.17, 15) is 4.39 Å². The van der Waals surface area contributed by atoms with Crippen LogP contribution in [0.1, 0.15) is 17.2 Å². The lowest BCUT2D eigenvalue weighted by Gasteiger charge is -2.13. The quantitative estimate of drug-likeness (QED) is 0.794. The van der Waals surface area contributed by atoms with Crippen LogP contribution in [0.15, 0.2) is 42.5 Å². The molecule has 1 nitrogen and oxygen atoms in total. The van der Waals surface area contributed by atoms with Crippen LogP contribution in [0.3, 0.4) is 0 Å². The predicted octanol–water partition coefficient (Wildman–Crippen LogP) is 4.33. The minimum absolute atomic E-state index is 0.134. The summed E-state index contributed by atoms with van der Waals surface area (Å²) in [5.74, 6) is -0.232. The molecule has 94 valence electrons. The summed E-state index contributed by atoms with van der Waals surface area (Å²) in [6.07, 6.45) is 0.664. The Morgan fingerprint density at radius 2 is 1.83 bits per heavy atom. The molecule has 1 atom stereocenters. The van der Waals surface area contributed by atoms with Crippen LogP contribution in [0.5, 0.6) is 0 Å². The Kier molecular flexibility index (Phi) is 4.59. The molecule has 0 heterocycles. The maximum atomic E-state index is 12.8. The fraction of sp³-hybridized carbons (Fsp3) is 0.143. The number of benzene rings is 2.